The van der Waals surface area contributed by atoms with Crippen molar-refractivity contribution in [2.45, 2.75) is 20.1 Å². The number of amides is 1. The van der Waals surface area contributed by atoms with Crippen molar-refractivity contribution in [2.75, 3.05) is 7.05 Å². The molecular formula is C16H16FN5O2S. The summed E-state index contributed by atoms with van der Waals surface area (Å²) < 4.78 is 18.5. The van der Waals surface area contributed by atoms with Crippen LogP contribution in [-0.4, -0.2) is 38.0 Å². The third-order valence-corrected chi connectivity index (χ3v) is 4.53. The zero-order valence-electron chi connectivity index (χ0n) is 13.7. The van der Waals surface area contributed by atoms with Gasteiger partial charge in [0.1, 0.15) is 40.2 Å². The number of carbonyl (C=O) groups is 1. The number of H-pyrrole nitrogens is 1. The average molecular weight is 361 g/mol. The van der Waals surface area contributed by atoms with Gasteiger partial charge in [-0.15, -0.1) is 11.3 Å². The topological polar surface area (TPSA) is 84.0 Å². The summed E-state index contributed by atoms with van der Waals surface area (Å²) in [5, 5.41) is 7.17. The number of ether oxygens (including phenoxy) is 1. The summed E-state index contributed by atoms with van der Waals surface area (Å²) in [4.78, 5) is 23.1. The number of halogens is 1. The number of hydrogen-bond donors (Lipinski definition) is 1. The Balaban J connectivity index is 1.64. The van der Waals surface area contributed by atoms with Gasteiger partial charge in [0.2, 0.25) is 0 Å². The molecule has 0 spiro atoms. The molecule has 0 saturated carbocycles. The van der Waals surface area contributed by atoms with Crippen molar-refractivity contribution in [2.24, 2.45) is 0 Å². The van der Waals surface area contributed by atoms with Gasteiger partial charge in [0.25, 0.3) is 5.91 Å². The molecule has 130 valence electrons. The van der Waals surface area contributed by atoms with E-state index in [1.165, 1.54) is 29.8 Å². The monoisotopic (exact) mass is 361 g/mol. The van der Waals surface area contributed by atoms with Crippen molar-refractivity contribution in [3.05, 3.63) is 57.8 Å². The number of aromatic amines is 1. The van der Waals surface area contributed by atoms with Crippen molar-refractivity contribution < 1.29 is 13.9 Å². The Morgan fingerprint density at radius 3 is 2.80 bits per heavy atom. The van der Waals surface area contributed by atoms with E-state index >= 15 is 0 Å². The molecule has 3 rings (SSSR count). The SMILES string of the molecule is Cc1nc(COc2ccc(F)cc2)sc1C(=O)N(C)Cc1ncn[nH]1. The predicted molar refractivity (Wildman–Crippen MR) is 89.8 cm³/mol. The van der Waals surface area contributed by atoms with Gasteiger partial charge in [-0.05, 0) is 31.2 Å². The second-order valence-corrected chi connectivity index (χ2v) is 6.44. The lowest BCUT2D eigenvalue weighted by Crippen LogP contribution is -2.26. The number of nitrogens with one attached hydrogen (secondary N) is 1. The minimum Gasteiger partial charge on any atom is -0.486 e. The van der Waals surface area contributed by atoms with Crippen LogP contribution in [0, 0.1) is 12.7 Å². The molecule has 0 unspecified atom stereocenters. The lowest BCUT2D eigenvalue weighted by molar-refractivity contribution is 0.0785. The van der Waals surface area contributed by atoms with Gasteiger partial charge in [0.05, 0.1) is 12.2 Å². The summed E-state index contributed by atoms with van der Waals surface area (Å²) in [5.74, 6) is 0.696. The largest absolute Gasteiger partial charge is 0.486 e. The van der Waals surface area contributed by atoms with Crippen molar-refractivity contribution in [1.82, 2.24) is 25.1 Å². The van der Waals surface area contributed by atoms with Crippen LogP contribution in [0.1, 0.15) is 26.2 Å². The highest BCUT2D eigenvalue weighted by molar-refractivity contribution is 7.13. The van der Waals surface area contributed by atoms with Crippen molar-refractivity contribution in [1.29, 1.82) is 0 Å². The molecule has 0 aliphatic carbocycles. The number of carbonyl (C=O) groups excluding carboxylic acids is 1. The highest BCUT2D eigenvalue weighted by Gasteiger charge is 2.20. The summed E-state index contributed by atoms with van der Waals surface area (Å²) in [7, 11) is 1.69. The lowest BCUT2D eigenvalue weighted by atomic mass is 10.3. The highest BCUT2D eigenvalue weighted by Crippen LogP contribution is 2.22. The second-order valence-electron chi connectivity index (χ2n) is 5.36. The van der Waals surface area contributed by atoms with Crippen LogP contribution in [0.5, 0.6) is 5.75 Å². The molecule has 9 heteroatoms. The van der Waals surface area contributed by atoms with Gasteiger partial charge in [0.15, 0.2) is 0 Å². The molecule has 7 nitrogen and oxygen atoms in total. The number of thiazole rings is 1. The minimum absolute atomic E-state index is 0.139. The van der Waals surface area contributed by atoms with Crippen LogP contribution in [0.15, 0.2) is 30.6 Å². The first-order valence-corrected chi connectivity index (χ1v) is 8.29. The summed E-state index contributed by atoms with van der Waals surface area (Å²) in [6.45, 7) is 2.33. The van der Waals surface area contributed by atoms with Crippen molar-refractivity contribution in [3.63, 3.8) is 0 Å². The Kier molecular flexibility index (Phi) is 5.03. The number of nitrogens with zero attached hydrogens (tertiary/aromatic N) is 4. The van der Waals surface area contributed by atoms with E-state index in [0.717, 1.165) is 0 Å². The van der Waals surface area contributed by atoms with E-state index in [0.29, 0.717) is 33.7 Å². The summed E-state index contributed by atoms with van der Waals surface area (Å²) in [6.07, 6.45) is 1.40. The molecule has 1 N–H and O–H groups in total. The predicted octanol–water partition coefficient (Wildman–Crippen LogP) is 2.56. The summed E-state index contributed by atoms with van der Waals surface area (Å²) in [5.41, 5.74) is 0.650. The summed E-state index contributed by atoms with van der Waals surface area (Å²) >= 11 is 1.28. The third kappa shape index (κ3) is 4.18. The molecule has 0 saturated heterocycles. The molecule has 1 amide bonds. The van der Waals surface area contributed by atoms with Crippen LogP contribution in [0.2, 0.25) is 0 Å². The summed E-state index contributed by atoms with van der Waals surface area (Å²) in [6, 6.07) is 5.76. The van der Waals surface area contributed by atoms with Crippen LogP contribution in [0.3, 0.4) is 0 Å². The molecule has 2 heterocycles. The molecule has 25 heavy (non-hydrogen) atoms. The number of aryl methyl sites for hydroxylation is 1. The van der Waals surface area contributed by atoms with Gasteiger partial charge in [-0.3, -0.25) is 9.89 Å². The van der Waals surface area contributed by atoms with Crippen molar-refractivity contribution in [3.8, 4) is 5.75 Å². The molecule has 0 aliphatic heterocycles. The number of benzene rings is 1. The van der Waals surface area contributed by atoms with Crippen LogP contribution in [-0.2, 0) is 13.2 Å². The third-order valence-electron chi connectivity index (χ3n) is 3.41. The maximum Gasteiger partial charge on any atom is 0.266 e. The molecular weight excluding hydrogens is 345 g/mol. The maximum atomic E-state index is 12.9. The zero-order valence-corrected chi connectivity index (χ0v) is 14.5. The molecule has 0 fully saturated rings. The molecule has 0 aliphatic rings. The number of hydrogen-bond acceptors (Lipinski definition) is 6. The number of aromatic nitrogens is 4. The fourth-order valence-electron chi connectivity index (χ4n) is 2.17. The second kappa shape index (κ2) is 7.39. The van der Waals surface area contributed by atoms with E-state index in [4.69, 9.17) is 4.74 Å². The van der Waals surface area contributed by atoms with Gasteiger partial charge >= 0.3 is 0 Å². The normalized spacial score (nSPS) is 10.7. The lowest BCUT2D eigenvalue weighted by Gasteiger charge is -2.14. The Bertz CT molecular complexity index is 848. The molecule has 3 aromatic rings. The molecule has 2 aromatic heterocycles. The Labute approximate surface area is 147 Å². The first-order chi connectivity index (χ1) is 12.0. The van der Waals surface area contributed by atoms with Gasteiger partial charge in [-0.1, -0.05) is 0 Å². The Morgan fingerprint density at radius 1 is 1.36 bits per heavy atom. The molecule has 0 radical (unpaired) electrons. The fraction of sp³-hybridized carbons (Fsp3) is 0.250. The molecule has 1 aromatic carbocycles. The van der Waals surface area contributed by atoms with Crippen molar-refractivity contribution >= 4 is 17.2 Å². The Hall–Kier alpha value is -2.81. The van der Waals surface area contributed by atoms with Crippen LogP contribution in [0.4, 0.5) is 4.39 Å². The van der Waals surface area contributed by atoms with Gasteiger partial charge in [-0.25, -0.2) is 14.4 Å². The van der Waals surface area contributed by atoms with E-state index in [2.05, 4.69) is 20.2 Å². The number of rotatable bonds is 6. The van der Waals surface area contributed by atoms with Crippen LogP contribution < -0.4 is 4.74 Å². The van der Waals surface area contributed by atoms with E-state index < -0.39 is 0 Å². The zero-order chi connectivity index (χ0) is 17.8. The van der Waals surface area contributed by atoms with E-state index in [1.807, 2.05) is 0 Å². The van der Waals surface area contributed by atoms with Gasteiger partial charge < -0.3 is 9.64 Å². The highest BCUT2D eigenvalue weighted by atomic mass is 32.1. The van der Waals surface area contributed by atoms with E-state index in [-0.39, 0.29) is 18.3 Å². The smallest absolute Gasteiger partial charge is 0.266 e. The van der Waals surface area contributed by atoms with E-state index in [1.54, 1.807) is 31.0 Å². The van der Waals surface area contributed by atoms with Gasteiger partial charge in [0, 0.05) is 7.05 Å². The first-order valence-electron chi connectivity index (χ1n) is 7.47. The van der Waals surface area contributed by atoms with Crippen LogP contribution in [0.25, 0.3) is 0 Å². The average Bonchev–Trinajstić information content (AvgIpc) is 3.23. The van der Waals surface area contributed by atoms with Crippen LogP contribution >= 0.6 is 11.3 Å². The fourth-order valence-corrected chi connectivity index (χ4v) is 3.14. The van der Waals surface area contributed by atoms with E-state index in [9.17, 15) is 9.18 Å². The maximum absolute atomic E-state index is 12.9. The molecule has 0 bridgehead atoms. The standard InChI is InChI=1S/C16H16FN5O2S/c1-10-15(16(23)22(2)7-13-18-9-19-21-13)25-14(20-10)8-24-12-5-3-11(17)4-6-12/h3-6,9H,7-8H2,1-2H3,(H,18,19,21). The minimum atomic E-state index is -0.319. The first kappa shape index (κ1) is 17.0. The molecule has 0 atom stereocenters. The quantitative estimate of drug-likeness (QED) is 0.729. The Morgan fingerprint density at radius 2 is 2.12 bits per heavy atom. The van der Waals surface area contributed by atoms with Gasteiger partial charge in [-0.2, -0.15) is 5.10 Å².